The van der Waals surface area contributed by atoms with Crippen molar-refractivity contribution < 1.29 is 80.8 Å². The first-order valence-corrected chi connectivity index (χ1v) is 23.3. The Hall–Kier alpha value is -4.65. The van der Waals surface area contributed by atoms with Crippen LogP contribution in [0.5, 0.6) is 5.75 Å². The predicted molar refractivity (Wildman–Crippen MR) is 246 cm³/mol. The van der Waals surface area contributed by atoms with Crippen LogP contribution in [-0.2, 0) is 66.5 Å². The van der Waals surface area contributed by atoms with Gasteiger partial charge in [0, 0.05) is 19.4 Å². The Morgan fingerprint density at radius 3 is 1.47 bits per heavy atom. The first-order chi connectivity index (χ1) is 33.4. The van der Waals surface area contributed by atoms with Crippen LogP contribution in [0.25, 0.3) is 0 Å². The number of nitrogen functional groups attached to an aromatic ring is 1. The Bertz CT molecular complexity index is 1770. The van der Waals surface area contributed by atoms with Crippen molar-refractivity contribution in [3.63, 3.8) is 0 Å². The number of rotatable bonds is 42. The number of fused-ring (bicyclic) bond motifs is 1. The Kier molecular flexibility index (Phi) is 29.2. The molecule has 0 aromatic heterocycles. The van der Waals surface area contributed by atoms with Crippen molar-refractivity contribution in [3.05, 3.63) is 53.6 Å². The van der Waals surface area contributed by atoms with Gasteiger partial charge in [-0.05, 0) is 43.5 Å². The van der Waals surface area contributed by atoms with Crippen LogP contribution in [0.2, 0.25) is 0 Å². The molecule has 5 amide bonds. The van der Waals surface area contributed by atoms with Crippen molar-refractivity contribution in [2.45, 2.75) is 44.6 Å². The fourth-order valence-corrected chi connectivity index (χ4v) is 6.62. The molecule has 2 aliphatic rings. The van der Waals surface area contributed by atoms with Gasteiger partial charge in [-0.1, -0.05) is 24.6 Å². The zero-order valence-corrected chi connectivity index (χ0v) is 39.1. The molecule has 68 heavy (non-hydrogen) atoms. The second-order valence-corrected chi connectivity index (χ2v) is 15.2. The lowest BCUT2D eigenvalue weighted by Gasteiger charge is -2.27. The first-order valence-electron chi connectivity index (χ1n) is 23.3. The number of imide groups is 2. The highest BCUT2D eigenvalue weighted by Crippen LogP contribution is 2.32. The van der Waals surface area contributed by atoms with Gasteiger partial charge in [0.1, 0.15) is 18.4 Å². The lowest BCUT2D eigenvalue weighted by Crippen LogP contribution is -2.54. The maximum absolute atomic E-state index is 13.2. The van der Waals surface area contributed by atoms with Crippen LogP contribution in [0, 0.1) is 0 Å². The van der Waals surface area contributed by atoms with E-state index in [0.717, 1.165) is 17.7 Å². The fourth-order valence-electron chi connectivity index (χ4n) is 6.62. The van der Waals surface area contributed by atoms with Crippen LogP contribution in [0.4, 0.5) is 11.4 Å². The number of anilines is 2. The Morgan fingerprint density at radius 1 is 0.544 bits per heavy atom. The highest BCUT2D eigenvalue weighted by atomic mass is 16.6. The van der Waals surface area contributed by atoms with Gasteiger partial charge in [-0.25, -0.2) is 0 Å². The molecule has 1 saturated heterocycles. The van der Waals surface area contributed by atoms with Crippen LogP contribution in [0.15, 0.2) is 42.5 Å². The van der Waals surface area contributed by atoms with Gasteiger partial charge in [-0.2, -0.15) is 0 Å². The van der Waals surface area contributed by atoms with Gasteiger partial charge in [0.2, 0.25) is 17.7 Å². The summed E-state index contributed by atoms with van der Waals surface area (Å²) >= 11 is 0. The maximum atomic E-state index is 13.2. The van der Waals surface area contributed by atoms with Crippen LogP contribution < -0.4 is 21.1 Å². The van der Waals surface area contributed by atoms with E-state index in [1.165, 1.54) is 6.07 Å². The predicted octanol–water partition coefficient (Wildman–Crippen LogP) is 2.43. The number of ether oxygens (including phenoxy) is 12. The molecule has 21 nitrogen and oxygen atoms in total. The van der Waals surface area contributed by atoms with Gasteiger partial charge >= 0.3 is 0 Å². The van der Waals surface area contributed by atoms with E-state index in [1.807, 2.05) is 18.2 Å². The van der Waals surface area contributed by atoms with Crippen LogP contribution >= 0.6 is 0 Å². The Balaban J connectivity index is 0.794. The molecule has 4 rings (SSSR count). The molecule has 1 atom stereocenters. The average Bonchev–Trinajstić information content (AvgIpc) is 3.58. The molecule has 0 saturated carbocycles. The summed E-state index contributed by atoms with van der Waals surface area (Å²) in [6.45, 7) is 10.7. The zero-order valence-electron chi connectivity index (χ0n) is 39.1. The highest BCUT2D eigenvalue weighted by Gasteiger charge is 2.45. The number of nitrogens with one attached hydrogen (secondary N) is 2. The summed E-state index contributed by atoms with van der Waals surface area (Å²) in [5.41, 5.74) is 6.81. The number of para-hydroxylation sites is 2. The molecule has 2 aromatic rings. The first kappa shape index (κ1) is 55.9. The van der Waals surface area contributed by atoms with Gasteiger partial charge in [-0.3, -0.25) is 34.2 Å². The molecule has 380 valence electrons. The second kappa shape index (κ2) is 35.5. The number of hydrogen-bond acceptors (Lipinski definition) is 18. The number of nitrogens with two attached hydrogens (primary N) is 1. The third-order valence-corrected chi connectivity index (χ3v) is 10.1. The lowest BCUT2D eigenvalue weighted by molar-refractivity contribution is -0.136. The number of nitrogens with zero attached hydrogens (tertiary/aromatic N) is 1. The number of piperidine rings is 1. The number of carbonyl (C=O) groups excluding carboxylic acids is 5. The van der Waals surface area contributed by atoms with Gasteiger partial charge < -0.3 is 67.9 Å². The fraction of sp³-hybridized carbons (Fsp3) is 0.638. The monoisotopic (exact) mass is 962 g/mol. The topological polar surface area (TPSA) is 249 Å². The maximum Gasteiger partial charge on any atom is 0.264 e. The molecule has 2 aromatic carbocycles. The highest BCUT2D eigenvalue weighted by molar-refractivity contribution is 6.26. The van der Waals surface area contributed by atoms with Crippen LogP contribution in [-0.4, -0.2) is 192 Å². The van der Waals surface area contributed by atoms with Gasteiger partial charge in [0.25, 0.3) is 11.8 Å². The molecule has 2 aliphatic heterocycles. The second-order valence-electron chi connectivity index (χ2n) is 15.2. The molecule has 1 unspecified atom stereocenters. The minimum Gasteiger partial charge on any atom is -0.489 e. The normalized spacial score (nSPS) is 14.7. The molecule has 1 fully saturated rings. The summed E-state index contributed by atoms with van der Waals surface area (Å²) in [7, 11) is 0. The standard InChI is InChI=1S/C47H70N4O17/c48-38-8-3-4-10-41(38)68-36-35-67-34-33-66-32-31-65-30-29-64-28-27-63-26-25-62-24-23-61-22-21-60-20-19-59-18-17-58-16-15-57-14-5-1-2-11-42(52)49-39-9-6-7-37-44(39)47(56)51(46(37)55)40-12-13-43(53)50-45(40)54/h3-4,6-10,40H,1-2,5,11-36,48H2,(H,49,52)(H,50,53,54). The lowest BCUT2D eigenvalue weighted by atomic mass is 10.0. The molecule has 0 spiro atoms. The summed E-state index contributed by atoms with van der Waals surface area (Å²) in [4.78, 5) is 63.6. The van der Waals surface area contributed by atoms with E-state index in [-0.39, 0.29) is 42.0 Å². The summed E-state index contributed by atoms with van der Waals surface area (Å²) in [5, 5.41) is 4.91. The van der Waals surface area contributed by atoms with E-state index in [2.05, 4.69) is 10.6 Å². The third-order valence-electron chi connectivity index (χ3n) is 10.1. The Morgan fingerprint density at radius 2 is 1.00 bits per heavy atom. The van der Waals surface area contributed by atoms with Crippen LogP contribution in [0.1, 0.15) is 59.2 Å². The van der Waals surface area contributed by atoms with E-state index >= 15 is 0 Å². The van der Waals surface area contributed by atoms with Gasteiger partial charge in [0.05, 0.1) is 161 Å². The van der Waals surface area contributed by atoms with Crippen molar-refractivity contribution >= 4 is 40.9 Å². The molecule has 0 bridgehead atoms. The quantitative estimate of drug-likeness (QED) is 0.0491. The van der Waals surface area contributed by atoms with Crippen molar-refractivity contribution in [1.82, 2.24) is 10.2 Å². The van der Waals surface area contributed by atoms with Gasteiger partial charge in [-0.15, -0.1) is 0 Å². The van der Waals surface area contributed by atoms with E-state index < -0.39 is 29.7 Å². The van der Waals surface area contributed by atoms with Gasteiger partial charge in [0.15, 0.2) is 0 Å². The minimum atomic E-state index is -1.08. The van der Waals surface area contributed by atoms with E-state index in [4.69, 9.17) is 62.6 Å². The molecular weight excluding hydrogens is 893 g/mol. The van der Waals surface area contributed by atoms with Crippen molar-refractivity contribution in [1.29, 1.82) is 0 Å². The minimum absolute atomic E-state index is 0.0253. The largest absolute Gasteiger partial charge is 0.489 e. The van der Waals surface area contributed by atoms with E-state index in [1.54, 1.807) is 18.2 Å². The summed E-state index contributed by atoms with van der Waals surface area (Å²) in [6.07, 6.45) is 2.43. The van der Waals surface area contributed by atoms with E-state index in [0.29, 0.717) is 170 Å². The molecule has 0 aliphatic carbocycles. The smallest absolute Gasteiger partial charge is 0.264 e. The number of hydrogen-bond donors (Lipinski definition) is 3. The number of amides is 5. The van der Waals surface area contributed by atoms with Crippen molar-refractivity contribution in [2.75, 3.05) is 163 Å². The molecule has 4 N–H and O–H groups in total. The molecule has 2 heterocycles. The number of carbonyl (C=O) groups is 5. The third kappa shape index (κ3) is 22.6. The summed E-state index contributed by atoms with van der Waals surface area (Å²) in [6, 6.07) is 10.9. The Labute approximate surface area is 398 Å². The molecular formula is C47H70N4O17. The van der Waals surface area contributed by atoms with Crippen LogP contribution in [0.3, 0.4) is 0 Å². The van der Waals surface area contributed by atoms with Crippen molar-refractivity contribution in [2.24, 2.45) is 0 Å². The van der Waals surface area contributed by atoms with Crippen molar-refractivity contribution in [3.8, 4) is 5.75 Å². The zero-order chi connectivity index (χ0) is 48.3. The number of benzene rings is 2. The molecule has 21 heteroatoms. The molecule has 0 radical (unpaired) electrons. The SMILES string of the molecule is Nc1ccccc1OCCOCCOCCOCCOCCOCCOCCOCCOCCOCCOCCOCCCCCC(=O)Nc1cccc2c1C(=O)N(C1CCC(=O)NC1=O)C2=O. The van der Waals surface area contributed by atoms with E-state index in [9.17, 15) is 24.0 Å². The summed E-state index contributed by atoms with van der Waals surface area (Å²) < 4.78 is 66.2. The summed E-state index contributed by atoms with van der Waals surface area (Å²) in [5.74, 6) is -2.07. The average molecular weight is 963 g/mol. The number of unbranched alkanes of at least 4 members (excludes halogenated alkanes) is 2.